The molecule has 3 aromatic carbocycles. The van der Waals surface area contributed by atoms with Crippen LogP contribution >= 0.6 is 11.6 Å². The summed E-state index contributed by atoms with van der Waals surface area (Å²) in [6.07, 6.45) is 3.86. The standard InChI is InChI=1S/C33H36ClN3O4/c1-2-3-18-37-28(31(34)35-32(37)26-9-5-4-6-10-26)23-36(17-7-8-24-11-14-27(15-12-24)33(38)39)22-25-13-16-29-30(21-25)41-20-19-40-29/h4-6,9-16,21H,2-3,7-8,17-20,22-23H2,1H3,(H,38,39). The van der Waals surface area contributed by atoms with E-state index in [2.05, 4.69) is 40.7 Å². The summed E-state index contributed by atoms with van der Waals surface area (Å²) in [7, 11) is 0. The molecule has 7 nitrogen and oxygen atoms in total. The predicted molar refractivity (Wildman–Crippen MR) is 161 cm³/mol. The van der Waals surface area contributed by atoms with E-state index in [0.29, 0.717) is 37.0 Å². The van der Waals surface area contributed by atoms with Gasteiger partial charge < -0.3 is 19.1 Å². The average Bonchev–Trinajstić information content (AvgIpc) is 3.31. The van der Waals surface area contributed by atoms with E-state index < -0.39 is 5.97 Å². The fraction of sp³-hybridized carbons (Fsp3) is 0.333. The minimum atomic E-state index is -0.909. The molecule has 0 saturated carbocycles. The van der Waals surface area contributed by atoms with Gasteiger partial charge in [0.05, 0.1) is 11.3 Å². The highest BCUT2D eigenvalue weighted by Gasteiger charge is 2.21. The number of aryl methyl sites for hydroxylation is 1. The summed E-state index contributed by atoms with van der Waals surface area (Å²) in [4.78, 5) is 18.4. The zero-order valence-corrected chi connectivity index (χ0v) is 24.1. The minimum Gasteiger partial charge on any atom is -0.486 e. The first-order valence-corrected chi connectivity index (χ1v) is 14.6. The normalized spacial score (nSPS) is 12.6. The van der Waals surface area contributed by atoms with E-state index in [-0.39, 0.29) is 0 Å². The van der Waals surface area contributed by atoms with Crippen molar-refractivity contribution >= 4 is 17.6 Å². The molecular formula is C33H36ClN3O4. The van der Waals surface area contributed by atoms with Crippen molar-refractivity contribution in [2.75, 3.05) is 19.8 Å². The van der Waals surface area contributed by atoms with Gasteiger partial charge in [-0.3, -0.25) is 4.90 Å². The van der Waals surface area contributed by atoms with Crippen LogP contribution < -0.4 is 9.47 Å². The lowest BCUT2D eigenvalue weighted by Gasteiger charge is -2.25. The van der Waals surface area contributed by atoms with Crippen LogP contribution in [-0.4, -0.2) is 45.3 Å². The molecular weight excluding hydrogens is 538 g/mol. The van der Waals surface area contributed by atoms with Crippen molar-refractivity contribution in [2.24, 2.45) is 0 Å². The molecule has 1 aliphatic heterocycles. The number of rotatable bonds is 13. The Bertz CT molecular complexity index is 1450. The molecule has 1 aliphatic rings. The Morgan fingerprint density at radius 3 is 2.41 bits per heavy atom. The number of imidazole rings is 1. The number of aromatic nitrogens is 2. The third kappa shape index (κ3) is 7.29. The van der Waals surface area contributed by atoms with E-state index in [1.807, 2.05) is 36.4 Å². The summed E-state index contributed by atoms with van der Waals surface area (Å²) >= 11 is 6.85. The van der Waals surface area contributed by atoms with Gasteiger partial charge in [-0.1, -0.05) is 73.5 Å². The molecule has 0 aliphatic carbocycles. The number of nitrogens with zero attached hydrogens (tertiary/aromatic N) is 3. The van der Waals surface area contributed by atoms with Gasteiger partial charge in [-0.05, 0) is 61.2 Å². The molecule has 214 valence electrons. The molecule has 0 radical (unpaired) electrons. The monoisotopic (exact) mass is 573 g/mol. The van der Waals surface area contributed by atoms with Gasteiger partial charge in [-0.2, -0.15) is 0 Å². The Balaban J connectivity index is 1.39. The third-order valence-corrected chi connectivity index (χ3v) is 7.62. The summed E-state index contributed by atoms with van der Waals surface area (Å²) in [5.74, 6) is 1.56. The number of carbonyl (C=O) groups is 1. The molecule has 0 atom stereocenters. The van der Waals surface area contributed by atoms with Gasteiger partial charge in [-0.25, -0.2) is 9.78 Å². The molecule has 4 aromatic rings. The second kappa shape index (κ2) is 13.7. The minimum absolute atomic E-state index is 0.304. The molecule has 5 rings (SSSR count). The smallest absolute Gasteiger partial charge is 0.335 e. The molecule has 0 fully saturated rings. The van der Waals surface area contributed by atoms with Gasteiger partial charge in [-0.15, -0.1) is 0 Å². The number of carboxylic acids is 1. The third-order valence-electron chi connectivity index (χ3n) is 7.32. The van der Waals surface area contributed by atoms with Crippen LogP contribution in [0.4, 0.5) is 0 Å². The van der Waals surface area contributed by atoms with E-state index in [0.717, 1.165) is 78.5 Å². The van der Waals surface area contributed by atoms with Crippen molar-refractivity contribution in [2.45, 2.75) is 52.2 Å². The largest absolute Gasteiger partial charge is 0.486 e. The van der Waals surface area contributed by atoms with Crippen molar-refractivity contribution in [3.8, 4) is 22.9 Å². The van der Waals surface area contributed by atoms with Gasteiger partial charge in [0.1, 0.15) is 19.0 Å². The Hall–Kier alpha value is -3.81. The SMILES string of the molecule is CCCCn1c(-c2ccccc2)nc(Cl)c1CN(CCCc1ccc(C(=O)O)cc1)Cc1ccc2c(c1)OCCO2. The quantitative estimate of drug-likeness (QED) is 0.184. The van der Waals surface area contributed by atoms with Crippen molar-refractivity contribution in [1.29, 1.82) is 0 Å². The topological polar surface area (TPSA) is 76.8 Å². The highest BCUT2D eigenvalue weighted by atomic mass is 35.5. The summed E-state index contributed by atoms with van der Waals surface area (Å²) in [5.41, 5.74) is 4.63. The highest BCUT2D eigenvalue weighted by molar-refractivity contribution is 6.30. The maximum atomic E-state index is 11.2. The lowest BCUT2D eigenvalue weighted by Crippen LogP contribution is -2.26. The van der Waals surface area contributed by atoms with Gasteiger partial charge in [0.15, 0.2) is 16.7 Å². The second-order valence-corrected chi connectivity index (χ2v) is 10.7. The Labute approximate surface area is 246 Å². The Kier molecular flexibility index (Phi) is 9.59. The average molecular weight is 574 g/mol. The van der Waals surface area contributed by atoms with Crippen LogP contribution in [-0.2, 0) is 26.1 Å². The van der Waals surface area contributed by atoms with Crippen LogP contribution in [0.25, 0.3) is 11.4 Å². The van der Waals surface area contributed by atoms with Crippen molar-refractivity contribution in [3.63, 3.8) is 0 Å². The number of unbranched alkanes of at least 4 members (excludes halogenated alkanes) is 1. The lowest BCUT2D eigenvalue weighted by molar-refractivity contribution is 0.0697. The number of hydrogen-bond donors (Lipinski definition) is 1. The molecule has 0 spiro atoms. The molecule has 41 heavy (non-hydrogen) atoms. The summed E-state index contributed by atoms with van der Waals surface area (Å²) in [6.45, 7) is 6.34. The van der Waals surface area contributed by atoms with Gasteiger partial charge in [0.2, 0.25) is 0 Å². The molecule has 0 saturated heterocycles. The molecule has 1 aromatic heterocycles. The predicted octanol–water partition coefficient (Wildman–Crippen LogP) is 7.11. The first kappa shape index (κ1) is 28.7. The number of aromatic carboxylic acids is 1. The van der Waals surface area contributed by atoms with Crippen LogP contribution in [0.3, 0.4) is 0 Å². The molecule has 2 heterocycles. The molecule has 0 amide bonds. The van der Waals surface area contributed by atoms with Gasteiger partial charge >= 0.3 is 5.97 Å². The lowest BCUT2D eigenvalue weighted by atomic mass is 10.1. The first-order chi connectivity index (χ1) is 20.0. The maximum Gasteiger partial charge on any atom is 0.335 e. The van der Waals surface area contributed by atoms with E-state index in [1.165, 1.54) is 0 Å². The van der Waals surface area contributed by atoms with E-state index >= 15 is 0 Å². The number of ether oxygens (including phenoxy) is 2. The summed E-state index contributed by atoms with van der Waals surface area (Å²) < 4.78 is 13.8. The van der Waals surface area contributed by atoms with Crippen LogP contribution in [0.15, 0.2) is 72.8 Å². The van der Waals surface area contributed by atoms with Crippen LogP contribution in [0.1, 0.15) is 53.4 Å². The second-order valence-electron chi connectivity index (χ2n) is 10.3. The van der Waals surface area contributed by atoms with Crippen molar-refractivity contribution in [1.82, 2.24) is 14.5 Å². The van der Waals surface area contributed by atoms with Crippen LogP contribution in [0.2, 0.25) is 5.15 Å². The fourth-order valence-electron chi connectivity index (χ4n) is 5.16. The zero-order valence-electron chi connectivity index (χ0n) is 23.4. The fourth-order valence-corrected chi connectivity index (χ4v) is 5.41. The summed E-state index contributed by atoms with van der Waals surface area (Å²) in [5, 5.41) is 9.75. The molecule has 1 N–H and O–H groups in total. The van der Waals surface area contributed by atoms with E-state index in [9.17, 15) is 9.90 Å². The number of fused-ring (bicyclic) bond motifs is 1. The first-order valence-electron chi connectivity index (χ1n) is 14.2. The number of halogens is 1. The zero-order chi connectivity index (χ0) is 28.6. The van der Waals surface area contributed by atoms with Gasteiger partial charge in [0, 0.05) is 25.2 Å². The Morgan fingerprint density at radius 1 is 0.951 bits per heavy atom. The molecule has 0 unspecified atom stereocenters. The number of hydrogen-bond acceptors (Lipinski definition) is 5. The number of carboxylic acid groups (broad SMARTS) is 1. The van der Waals surface area contributed by atoms with Gasteiger partial charge in [0.25, 0.3) is 0 Å². The van der Waals surface area contributed by atoms with Crippen molar-refractivity contribution in [3.05, 3.63) is 100 Å². The highest BCUT2D eigenvalue weighted by Crippen LogP contribution is 2.32. The van der Waals surface area contributed by atoms with Crippen LogP contribution in [0.5, 0.6) is 11.5 Å². The Morgan fingerprint density at radius 2 is 1.68 bits per heavy atom. The maximum absolute atomic E-state index is 11.2. The number of benzene rings is 3. The van der Waals surface area contributed by atoms with E-state index in [4.69, 9.17) is 26.1 Å². The molecule has 8 heteroatoms. The van der Waals surface area contributed by atoms with Crippen molar-refractivity contribution < 1.29 is 19.4 Å². The molecule has 0 bridgehead atoms. The summed E-state index contributed by atoms with van der Waals surface area (Å²) in [6, 6.07) is 23.5. The van der Waals surface area contributed by atoms with Crippen LogP contribution in [0, 0.1) is 0 Å². The van der Waals surface area contributed by atoms with E-state index in [1.54, 1.807) is 12.1 Å².